The van der Waals surface area contributed by atoms with Gasteiger partial charge in [0.05, 0.1) is 12.7 Å². The number of para-hydroxylation sites is 1. The highest BCUT2D eigenvalue weighted by molar-refractivity contribution is 5.97. The topological polar surface area (TPSA) is 67.4 Å². The summed E-state index contributed by atoms with van der Waals surface area (Å²) < 4.78 is 5.13. The van der Waals surface area contributed by atoms with E-state index in [9.17, 15) is 9.59 Å². The number of nitrogens with one attached hydrogen (secondary N) is 2. The highest BCUT2D eigenvalue weighted by Crippen LogP contribution is 2.16. The van der Waals surface area contributed by atoms with Crippen LogP contribution in [0.3, 0.4) is 0 Å². The largest absolute Gasteiger partial charge is 0.496 e. The Bertz CT molecular complexity index is 517. The van der Waals surface area contributed by atoms with Crippen LogP contribution in [0, 0.1) is 0 Å². The maximum Gasteiger partial charge on any atom is 0.273 e. The minimum atomic E-state index is -0.377. The number of hydrogen-bond acceptors (Lipinski definition) is 3. The lowest BCUT2D eigenvalue weighted by molar-refractivity contribution is -0.122. The Morgan fingerprint density at radius 3 is 2.12 bits per heavy atom. The van der Waals surface area contributed by atoms with Crippen molar-refractivity contribution in [2.24, 2.45) is 0 Å². The van der Waals surface area contributed by atoms with Crippen LogP contribution in [0.25, 0.3) is 0 Å². The van der Waals surface area contributed by atoms with Crippen LogP contribution in [0.15, 0.2) is 24.3 Å². The molecule has 0 aromatic heterocycles. The van der Waals surface area contributed by atoms with Crippen molar-refractivity contribution >= 4 is 11.8 Å². The molecular formula is C20H32N2O3. The van der Waals surface area contributed by atoms with E-state index in [0.29, 0.717) is 17.7 Å². The van der Waals surface area contributed by atoms with Crippen molar-refractivity contribution in [1.82, 2.24) is 10.9 Å². The average molecular weight is 348 g/mol. The minimum absolute atomic E-state index is 0.161. The second-order valence-electron chi connectivity index (χ2n) is 6.28. The fourth-order valence-electron chi connectivity index (χ4n) is 2.68. The Morgan fingerprint density at radius 2 is 1.48 bits per heavy atom. The van der Waals surface area contributed by atoms with Gasteiger partial charge in [0.1, 0.15) is 5.75 Å². The van der Waals surface area contributed by atoms with Crippen LogP contribution >= 0.6 is 0 Å². The van der Waals surface area contributed by atoms with Gasteiger partial charge >= 0.3 is 0 Å². The van der Waals surface area contributed by atoms with Crippen molar-refractivity contribution in [3.05, 3.63) is 29.8 Å². The summed E-state index contributed by atoms with van der Waals surface area (Å²) in [7, 11) is 1.51. The molecule has 140 valence electrons. The van der Waals surface area contributed by atoms with Crippen LogP contribution in [0.5, 0.6) is 5.75 Å². The van der Waals surface area contributed by atoms with E-state index in [1.54, 1.807) is 24.3 Å². The summed E-state index contributed by atoms with van der Waals surface area (Å²) in [5.41, 5.74) is 5.30. The fraction of sp³-hybridized carbons (Fsp3) is 0.600. The molecule has 0 unspecified atom stereocenters. The first kappa shape index (κ1) is 21.0. The zero-order valence-electron chi connectivity index (χ0n) is 15.6. The Hall–Kier alpha value is -2.04. The molecule has 25 heavy (non-hydrogen) atoms. The summed E-state index contributed by atoms with van der Waals surface area (Å²) in [5.74, 6) is -0.0581. The Balaban J connectivity index is 2.10. The number of hydrazine groups is 1. The van der Waals surface area contributed by atoms with Crippen LogP contribution in [-0.2, 0) is 4.79 Å². The first-order valence-electron chi connectivity index (χ1n) is 9.41. The van der Waals surface area contributed by atoms with E-state index in [2.05, 4.69) is 17.8 Å². The van der Waals surface area contributed by atoms with Crippen LogP contribution in [-0.4, -0.2) is 18.9 Å². The van der Waals surface area contributed by atoms with Crippen molar-refractivity contribution in [2.45, 2.75) is 71.1 Å². The number of benzene rings is 1. The van der Waals surface area contributed by atoms with Gasteiger partial charge in [0.15, 0.2) is 0 Å². The van der Waals surface area contributed by atoms with Crippen molar-refractivity contribution in [3.63, 3.8) is 0 Å². The molecule has 1 aromatic rings. The van der Waals surface area contributed by atoms with Gasteiger partial charge in [-0.1, -0.05) is 70.4 Å². The summed E-state index contributed by atoms with van der Waals surface area (Å²) in [5, 5.41) is 0. The lowest BCUT2D eigenvalue weighted by Gasteiger charge is -2.10. The molecule has 0 heterocycles. The quantitative estimate of drug-likeness (QED) is 0.435. The van der Waals surface area contributed by atoms with Gasteiger partial charge in [-0.3, -0.25) is 20.4 Å². The number of ether oxygens (including phenoxy) is 1. The van der Waals surface area contributed by atoms with Gasteiger partial charge in [-0.25, -0.2) is 0 Å². The van der Waals surface area contributed by atoms with Gasteiger partial charge in [0, 0.05) is 6.42 Å². The number of rotatable bonds is 12. The molecule has 0 radical (unpaired) electrons. The summed E-state index contributed by atoms with van der Waals surface area (Å²) in [6.07, 6.45) is 11.3. The third-order valence-electron chi connectivity index (χ3n) is 4.17. The van der Waals surface area contributed by atoms with Crippen LogP contribution in [0.1, 0.15) is 81.5 Å². The number of carbonyl (C=O) groups excluding carboxylic acids is 2. The summed E-state index contributed by atoms with van der Waals surface area (Å²) in [6, 6.07) is 6.90. The van der Waals surface area contributed by atoms with Gasteiger partial charge < -0.3 is 4.74 Å². The smallest absolute Gasteiger partial charge is 0.273 e. The normalized spacial score (nSPS) is 10.3. The molecule has 0 fully saturated rings. The second kappa shape index (κ2) is 13.3. The molecule has 2 amide bonds. The molecule has 0 atom stereocenters. The van der Waals surface area contributed by atoms with Gasteiger partial charge in [-0.05, 0) is 18.6 Å². The zero-order chi connectivity index (χ0) is 18.3. The number of hydrogen-bond donors (Lipinski definition) is 2. The molecule has 1 aromatic carbocycles. The fourth-order valence-corrected chi connectivity index (χ4v) is 2.68. The van der Waals surface area contributed by atoms with Crippen LogP contribution < -0.4 is 15.6 Å². The second-order valence-corrected chi connectivity index (χ2v) is 6.28. The third kappa shape index (κ3) is 9.13. The highest BCUT2D eigenvalue weighted by Gasteiger charge is 2.11. The molecule has 0 aliphatic rings. The van der Waals surface area contributed by atoms with Gasteiger partial charge in [0.25, 0.3) is 5.91 Å². The first-order chi connectivity index (χ1) is 12.2. The number of carbonyl (C=O) groups is 2. The van der Waals surface area contributed by atoms with E-state index in [1.807, 2.05) is 0 Å². The van der Waals surface area contributed by atoms with E-state index >= 15 is 0 Å². The van der Waals surface area contributed by atoms with Crippen molar-refractivity contribution < 1.29 is 14.3 Å². The predicted octanol–water partition coefficient (Wildman–Crippen LogP) is 4.38. The number of methoxy groups -OCH3 is 1. The van der Waals surface area contributed by atoms with Crippen molar-refractivity contribution in [2.75, 3.05) is 7.11 Å². The minimum Gasteiger partial charge on any atom is -0.496 e. The molecule has 0 aliphatic heterocycles. The molecule has 0 bridgehead atoms. The number of unbranched alkanes of at least 4 members (excludes halogenated alkanes) is 8. The third-order valence-corrected chi connectivity index (χ3v) is 4.17. The van der Waals surface area contributed by atoms with Gasteiger partial charge in [0.2, 0.25) is 5.91 Å². The standard InChI is InChI=1S/C20H32N2O3/c1-3-4-5-6-7-8-9-10-11-16-19(23)21-22-20(24)17-14-12-13-15-18(17)25-2/h12-15H,3-11,16H2,1-2H3,(H,21,23)(H,22,24). The molecule has 1 rings (SSSR count). The molecule has 0 saturated heterocycles. The molecule has 0 saturated carbocycles. The Morgan fingerprint density at radius 1 is 0.880 bits per heavy atom. The average Bonchev–Trinajstić information content (AvgIpc) is 2.64. The summed E-state index contributed by atoms with van der Waals surface area (Å²) in [4.78, 5) is 23.8. The SMILES string of the molecule is CCCCCCCCCCCC(=O)NNC(=O)c1ccccc1OC. The lowest BCUT2D eigenvalue weighted by atomic mass is 10.1. The predicted molar refractivity (Wildman–Crippen MR) is 100 cm³/mol. The zero-order valence-corrected chi connectivity index (χ0v) is 15.6. The highest BCUT2D eigenvalue weighted by atomic mass is 16.5. The van der Waals surface area contributed by atoms with Crippen LogP contribution in [0.2, 0.25) is 0 Å². The molecular weight excluding hydrogens is 316 g/mol. The van der Waals surface area contributed by atoms with Crippen molar-refractivity contribution in [3.8, 4) is 5.75 Å². The maximum absolute atomic E-state index is 12.0. The first-order valence-corrected chi connectivity index (χ1v) is 9.41. The molecule has 5 heteroatoms. The van der Waals surface area contributed by atoms with Gasteiger partial charge in [-0.2, -0.15) is 0 Å². The molecule has 5 nitrogen and oxygen atoms in total. The number of amides is 2. The maximum atomic E-state index is 12.0. The molecule has 0 aliphatic carbocycles. The summed E-state index contributed by atoms with van der Waals surface area (Å²) in [6.45, 7) is 2.23. The Kier molecular flexibility index (Phi) is 11.2. The van der Waals surface area contributed by atoms with E-state index in [0.717, 1.165) is 12.8 Å². The van der Waals surface area contributed by atoms with E-state index in [4.69, 9.17) is 4.74 Å². The van der Waals surface area contributed by atoms with Crippen molar-refractivity contribution in [1.29, 1.82) is 0 Å². The molecule has 2 N–H and O–H groups in total. The molecule has 0 spiro atoms. The summed E-state index contributed by atoms with van der Waals surface area (Å²) >= 11 is 0. The van der Waals surface area contributed by atoms with Crippen LogP contribution in [0.4, 0.5) is 0 Å². The van der Waals surface area contributed by atoms with E-state index in [-0.39, 0.29) is 11.8 Å². The monoisotopic (exact) mass is 348 g/mol. The van der Waals surface area contributed by atoms with Gasteiger partial charge in [-0.15, -0.1) is 0 Å². The van der Waals surface area contributed by atoms with E-state index < -0.39 is 0 Å². The Labute approximate surface area is 151 Å². The van der Waals surface area contributed by atoms with E-state index in [1.165, 1.54) is 52.1 Å². The lowest BCUT2D eigenvalue weighted by Crippen LogP contribution is -2.41.